The van der Waals surface area contributed by atoms with Crippen LogP contribution in [0.2, 0.25) is 0 Å². The molecule has 4 aromatic rings. The number of rotatable bonds is 29. The number of phenolic OH excluding ortho intramolecular Hbond substituents is 1. The van der Waals surface area contributed by atoms with Crippen LogP contribution >= 0.6 is 22.6 Å². The van der Waals surface area contributed by atoms with E-state index in [1.165, 1.54) is 42.0 Å². The highest BCUT2D eigenvalue weighted by atomic mass is 127. The maximum absolute atomic E-state index is 14.7. The molecule has 0 radical (unpaired) electrons. The maximum atomic E-state index is 14.7. The Morgan fingerprint density at radius 1 is 0.831 bits per heavy atom. The fourth-order valence-corrected chi connectivity index (χ4v) is 8.99. The summed E-state index contributed by atoms with van der Waals surface area (Å²) in [4.78, 5) is 126. The summed E-state index contributed by atoms with van der Waals surface area (Å²) in [7, 11) is 0. The Kier molecular flexibility index (Phi) is 23.9. The van der Waals surface area contributed by atoms with Gasteiger partial charge in [0.05, 0.1) is 15.5 Å². The summed E-state index contributed by atoms with van der Waals surface area (Å²) >= 11 is 1.93. The zero-order chi connectivity index (χ0) is 55.9. The molecule has 2 aromatic heterocycles. The molecule has 7 amide bonds. The number of likely N-dealkylation sites (tertiary alicyclic amines) is 1. The molecule has 7 unspecified atom stereocenters. The number of hydrogen-bond donors (Lipinski definition) is 11. The number of guanidine groups is 1. The Bertz CT molecular complexity index is 2640. The van der Waals surface area contributed by atoms with Gasteiger partial charge in [0.25, 0.3) is 5.91 Å². The summed E-state index contributed by atoms with van der Waals surface area (Å²) in [6, 6.07) is 9.49. The molecule has 0 bridgehead atoms. The number of H-pyrrole nitrogens is 1. The van der Waals surface area contributed by atoms with Crippen LogP contribution in [0.1, 0.15) is 92.4 Å². The quantitative estimate of drug-likeness (QED) is 0.0160. The second-order valence-electron chi connectivity index (χ2n) is 18.6. The van der Waals surface area contributed by atoms with Crippen LogP contribution in [0, 0.1) is 9.49 Å². The summed E-state index contributed by atoms with van der Waals surface area (Å²) in [6.45, 7) is 3.86. The molecule has 25 heteroatoms. The van der Waals surface area contributed by atoms with Gasteiger partial charge in [-0.05, 0) is 109 Å². The number of unbranched alkanes of at least 4 members (excludes halogenated alkanes) is 1. The van der Waals surface area contributed by atoms with Crippen molar-refractivity contribution in [2.24, 2.45) is 22.4 Å². The van der Waals surface area contributed by atoms with Gasteiger partial charge in [0.1, 0.15) is 48.6 Å². The highest BCUT2D eigenvalue weighted by Gasteiger charge is 2.40. The van der Waals surface area contributed by atoms with Crippen LogP contribution < -0.4 is 43.4 Å². The van der Waals surface area contributed by atoms with E-state index in [4.69, 9.17) is 16.2 Å². The van der Waals surface area contributed by atoms with Crippen LogP contribution in [0.5, 0.6) is 5.75 Å². The monoisotopic (exact) mass is 1180 g/mol. The Labute approximate surface area is 459 Å². The van der Waals surface area contributed by atoms with Gasteiger partial charge in [-0.2, -0.15) is 0 Å². The molecule has 0 spiro atoms. The maximum Gasteiger partial charge on any atom is 0.408 e. The van der Waals surface area contributed by atoms with Crippen LogP contribution in [0.4, 0.5) is 4.79 Å². The molecule has 3 heterocycles. The molecule has 0 aliphatic carbocycles. The van der Waals surface area contributed by atoms with Crippen molar-refractivity contribution in [2.45, 2.75) is 121 Å². The predicted molar refractivity (Wildman–Crippen MR) is 290 cm³/mol. The number of carbonyl (C=O) groups is 8. The van der Waals surface area contributed by atoms with Crippen LogP contribution in [0.25, 0.3) is 0 Å². The Hall–Kier alpha value is -7.84. The van der Waals surface area contributed by atoms with Crippen molar-refractivity contribution in [3.05, 3.63) is 112 Å². The number of nitrogens with one attached hydrogen (secondary N) is 7. The highest BCUT2D eigenvalue weighted by molar-refractivity contribution is 14.1. The smallest absolute Gasteiger partial charge is 0.408 e. The van der Waals surface area contributed by atoms with E-state index in [1.807, 2.05) is 28.7 Å². The van der Waals surface area contributed by atoms with E-state index in [0.717, 1.165) is 5.56 Å². The molecule has 24 nitrogen and oxygen atoms in total. The zero-order valence-corrected chi connectivity index (χ0v) is 45.1. The number of benzene rings is 2. The first-order valence-corrected chi connectivity index (χ1v) is 26.4. The van der Waals surface area contributed by atoms with Gasteiger partial charge in [0.15, 0.2) is 5.96 Å². The summed E-state index contributed by atoms with van der Waals surface area (Å²) in [6.07, 6.45) is 6.69. The van der Waals surface area contributed by atoms with Crippen molar-refractivity contribution < 1.29 is 53.3 Å². The molecular formula is C52H68IN13O11. The fraction of sp³-hybridized carbons (Fsp3) is 0.442. The number of carboxylic acids is 1. The number of aliphatic carboxylic acids is 1. The van der Waals surface area contributed by atoms with Crippen LogP contribution in [-0.2, 0) is 53.0 Å². The van der Waals surface area contributed by atoms with E-state index < -0.39 is 89.7 Å². The molecule has 1 fully saturated rings. The van der Waals surface area contributed by atoms with Crippen molar-refractivity contribution in [1.29, 1.82) is 0 Å². The van der Waals surface area contributed by atoms with E-state index in [1.54, 1.807) is 56.3 Å². The number of nitrogens with zero attached hydrogens (tertiary/aromatic N) is 4. The number of aromatic nitrogens is 3. The first kappa shape index (κ1) is 60.0. The van der Waals surface area contributed by atoms with E-state index in [0.29, 0.717) is 34.1 Å². The Morgan fingerprint density at radius 2 is 1.56 bits per heavy atom. The molecular weight excluding hydrogens is 1110 g/mol. The number of pyridine rings is 1. The molecule has 13 N–H and O–H groups in total. The third-order valence-corrected chi connectivity index (χ3v) is 13.7. The lowest BCUT2D eigenvalue weighted by Gasteiger charge is -2.31. The van der Waals surface area contributed by atoms with Gasteiger partial charge in [0, 0.05) is 56.8 Å². The predicted octanol–water partition coefficient (Wildman–Crippen LogP) is 1.91. The van der Waals surface area contributed by atoms with E-state index in [9.17, 15) is 48.6 Å². The van der Waals surface area contributed by atoms with E-state index in [-0.39, 0.29) is 88.5 Å². The lowest BCUT2D eigenvalue weighted by Crippen LogP contribution is -2.59. The van der Waals surface area contributed by atoms with E-state index in [2.05, 4.69) is 51.8 Å². The molecule has 2 aromatic carbocycles. The van der Waals surface area contributed by atoms with Gasteiger partial charge >= 0.3 is 12.1 Å². The second kappa shape index (κ2) is 30.6. The van der Waals surface area contributed by atoms with Gasteiger partial charge in [-0.25, -0.2) is 14.6 Å². The number of nitrogens with two attached hydrogens (primary N) is 2. The topological polar surface area (TPSA) is 368 Å². The Balaban J connectivity index is 1.37. The number of hydrogen-bond acceptors (Lipinski definition) is 13. The van der Waals surface area contributed by atoms with Crippen molar-refractivity contribution in [3.63, 3.8) is 0 Å². The number of ether oxygens (including phenoxy) is 1. The van der Waals surface area contributed by atoms with Gasteiger partial charge in [-0.1, -0.05) is 56.7 Å². The number of halogens is 1. The van der Waals surface area contributed by atoms with Crippen LogP contribution in [-0.4, -0.2) is 139 Å². The number of alkyl carbamates (subject to hydrolysis) is 1. The zero-order valence-electron chi connectivity index (χ0n) is 42.9. The largest absolute Gasteiger partial charge is 0.507 e. The molecule has 414 valence electrons. The molecule has 0 saturated carbocycles. The van der Waals surface area contributed by atoms with Gasteiger partial charge in [-0.15, -0.1) is 0 Å². The number of aliphatic imine (C=N–C) groups is 1. The fourth-order valence-electron chi connectivity index (χ4n) is 8.41. The average molecular weight is 1180 g/mol. The molecule has 1 aliphatic heterocycles. The van der Waals surface area contributed by atoms with Crippen LogP contribution in [0.3, 0.4) is 0 Å². The number of carbonyl (C=O) groups excluding carboxylic acids is 7. The summed E-state index contributed by atoms with van der Waals surface area (Å²) in [5.74, 6) is -5.75. The first-order chi connectivity index (χ1) is 36.9. The van der Waals surface area contributed by atoms with Gasteiger partial charge in [0.2, 0.25) is 29.5 Å². The van der Waals surface area contributed by atoms with Gasteiger partial charge in [-0.3, -0.25) is 38.7 Å². The lowest BCUT2D eigenvalue weighted by atomic mass is 9.98. The molecule has 1 saturated heterocycles. The van der Waals surface area contributed by atoms with E-state index >= 15 is 0 Å². The minimum absolute atomic E-state index is 0.00861. The number of amides is 7. The number of aromatic hydroxyl groups is 1. The third kappa shape index (κ3) is 19.4. The van der Waals surface area contributed by atoms with Crippen molar-refractivity contribution in [2.75, 3.05) is 19.6 Å². The number of imidazole rings is 1. The van der Waals surface area contributed by atoms with Crippen molar-refractivity contribution >= 4 is 76.1 Å². The number of carboxylic acid groups (broad SMARTS) is 1. The molecule has 1 aliphatic rings. The average Bonchev–Trinajstić information content (AvgIpc) is 4.14. The number of phenols is 1. The minimum Gasteiger partial charge on any atom is -0.507 e. The SMILES string of the molecule is CCC(C)C(NC(=O)C1CCCN1C(=O)C(Cc1cnc[nH]1)NC(=O)C(CCCCNC(=O)C(CCCN=C(N)N)NC(=O)OCc1ccccc1)NC(=O)C(Cc1ccc(O)c(I)c1)NC(=O)c1cccnc1)C(=O)O. The number of aromatic amines is 1. The molecule has 77 heavy (non-hydrogen) atoms. The summed E-state index contributed by atoms with van der Waals surface area (Å²) in [5, 5.41) is 36.5. The summed E-state index contributed by atoms with van der Waals surface area (Å²) < 4.78 is 5.84. The van der Waals surface area contributed by atoms with Crippen molar-refractivity contribution in [3.8, 4) is 5.75 Å². The lowest BCUT2D eigenvalue weighted by molar-refractivity contribution is -0.146. The van der Waals surface area contributed by atoms with Crippen LogP contribution in [0.15, 0.2) is 90.6 Å². The Morgan fingerprint density at radius 3 is 2.23 bits per heavy atom. The standard InChI is InChI=1S/C52H68IN13O11/c1-3-31(2)43(50(74)75)65-48(72)41-17-11-23-66(41)49(73)40(26-35-28-57-30-60-35)63-46(70)38(61-47(71)39(25-33-18-19-42(67)36(53)24-33)62-44(68)34-14-9-20-56-27-34)15-7-8-21-58-45(69)37(16-10-22-59-51(54)55)64-52(76)77-29-32-12-5-4-6-13-32/h4-6,9,12-14,18-20,24,27-28,30-31,37-41,43,67H,3,7-8,10-11,15-17,21-23,25-26,29H2,1-2H3,(H,57,60)(H,58,69)(H,61,71)(H,62,68)(H,63,70)(H,64,76)(H,65,72)(H,74,75)(H4,54,55,59). The summed E-state index contributed by atoms with van der Waals surface area (Å²) in [5.41, 5.74) is 12.9. The highest BCUT2D eigenvalue weighted by Crippen LogP contribution is 2.23. The first-order valence-electron chi connectivity index (χ1n) is 25.3. The second-order valence-corrected chi connectivity index (χ2v) is 19.7. The minimum atomic E-state index is -1.36. The molecule has 5 rings (SSSR count). The van der Waals surface area contributed by atoms with Crippen molar-refractivity contribution in [1.82, 2.24) is 51.8 Å². The molecule has 7 atom stereocenters. The third-order valence-electron chi connectivity index (χ3n) is 12.8. The normalized spacial score (nSPS) is 15.3. The van der Waals surface area contributed by atoms with Gasteiger partial charge < -0.3 is 68.2 Å².